The van der Waals surface area contributed by atoms with Gasteiger partial charge in [-0.3, -0.25) is 0 Å². The summed E-state index contributed by atoms with van der Waals surface area (Å²) in [6.07, 6.45) is 8.26. The van der Waals surface area contributed by atoms with Gasteiger partial charge in [-0.05, 0) is 103 Å². The van der Waals surface area contributed by atoms with Crippen molar-refractivity contribution in [2.24, 2.45) is 34.0 Å². The fourth-order valence-corrected chi connectivity index (χ4v) is 11.2. The van der Waals surface area contributed by atoms with Gasteiger partial charge in [0.2, 0.25) is 0 Å². The Labute approximate surface area is 227 Å². The third-order valence-corrected chi connectivity index (χ3v) is 13.1. The molecule has 5 fully saturated rings. The molecule has 6 aliphatic rings. The lowest BCUT2D eigenvalue weighted by atomic mass is 9.37. The van der Waals surface area contributed by atoms with E-state index in [0.717, 1.165) is 57.1 Å². The molecule has 1 aliphatic heterocycles. The number of benzene rings is 1. The highest BCUT2D eigenvalue weighted by Crippen LogP contribution is 2.74. The van der Waals surface area contributed by atoms with E-state index in [1.54, 1.807) is 0 Å². The molecule has 4 saturated carbocycles. The van der Waals surface area contributed by atoms with Gasteiger partial charge in [0.1, 0.15) is 0 Å². The molecule has 2 N–H and O–H groups in total. The van der Waals surface area contributed by atoms with Gasteiger partial charge in [0, 0.05) is 28.6 Å². The summed E-state index contributed by atoms with van der Waals surface area (Å²) in [5.74, 6) is 2.48. The predicted octanol–water partition coefficient (Wildman–Crippen LogP) is 6.32. The Morgan fingerprint density at radius 3 is 2.57 bits per heavy atom. The van der Waals surface area contributed by atoms with Crippen molar-refractivity contribution < 1.29 is 19.7 Å². The first-order chi connectivity index (χ1) is 17.5. The summed E-state index contributed by atoms with van der Waals surface area (Å²) < 4.78 is 13.0. The lowest BCUT2D eigenvalue weighted by Gasteiger charge is -2.70. The molecule has 2 unspecified atom stereocenters. The van der Waals surface area contributed by atoms with Gasteiger partial charge in [-0.15, -0.1) is 11.8 Å². The van der Waals surface area contributed by atoms with Crippen LogP contribution in [0.2, 0.25) is 0 Å². The second-order valence-electron chi connectivity index (χ2n) is 14.7. The van der Waals surface area contributed by atoms with Gasteiger partial charge in [0.05, 0.1) is 24.9 Å². The van der Waals surface area contributed by atoms with Gasteiger partial charge in [0.15, 0.2) is 5.79 Å². The third-order valence-electron chi connectivity index (χ3n) is 12.2. The van der Waals surface area contributed by atoms with Crippen molar-refractivity contribution in [2.45, 2.75) is 114 Å². The first-order valence-corrected chi connectivity index (χ1v) is 16.0. The van der Waals surface area contributed by atoms with E-state index in [1.807, 2.05) is 11.8 Å². The van der Waals surface area contributed by atoms with Crippen molar-refractivity contribution in [3.8, 4) is 0 Å². The normalized spacial score (nSPS) is 47.0. The van der Waals surface area contributed by atoms with E-state index in [0.29, 0.717) is 43.3 Å². The van der Waals surface area contributed by atoms with Crippen LogP contribution < -0.4 is 0 Å². The first kappa shape index (κ1) is 25.4. The maximum Gasteiger partial charge on any atom is 0.171 e. The topological polar surface area (TPSA) is 58.9 Å². The van der Waals surface area contributed by atoms with Crippen LogP contribution in [0, 0.1) is 34.0 Å². The van der Waals surface area contributed by atoms with E-state index in [9.17, 15) is 10.2 Å². The molecule has 37 heavy (non-hydrogen) atoms. The maximum absolute atomic E-state index is 12.8. The third kappa shape index (κ3) is 3.49. The van der Waals surface area contributed by atoms with Gasteiger partial charge in [-0.1, -0.05) is 33.8 Å². The molecule has 204 valence electrons. The second-order valence-corrected chi connectivity index (χ2v) is 16.1. The maximum atomic E-state index is 12.8. The van der Waals surface area contributed by atoms with Crippen LogP contribution in [0.15, 0.2) is 23.1 Å². The zero-order valence-electron chi connectivity index (χ0n) is 23.2. The minimum absolute atomic E-state index is 0.00894. The van der Waals surface area contributed by atoms with Crippen LogP contribution >= 0.6 is 11.8 Å². The lowest BCUT2D eigenvalue weighted by molar-refractivity contribution is -0.357. The van der Waals surface area contributed by atoms with E-state index >= 15 is 0 Å². The number of thioether (sulfide) groups is 1. The number of fused-ring (bicyclic) bond motifs is 4. The summed E-state index contributed by atoms with van der Waals surface area (Å²) in [4.78, 5) is 1.35. The van der Waals surface area contributed by atoms with Gasteiger partial charge in [0.25, 0.3) is 0 Å². The molecule has 1 aromatic rings. The Kier molecular flexibility index (Phi) is 5.64. The summed E-state index contributed by atoms with van der Waals surface area (Å²) >= 11 is 1.92. The minimum atomic E-state index is -0.775. The average molecular weight is 527 g/mol. The molecule has 0 radical (unpaired) electrons. The molecule has 8 atom stereocenters. The van der Waals surface area contributed by atoms with E-state index in [4.69, 9.17) is 9.47 Å². The number of hydrogen-bond donors (Lipinski definition) is 2. The van der Waals surface area contributed by atoms with Crippen LogP contribution in [-0.4, -0.2) is 46.7 Å². The van der Waals surface area contributed by atoms with Crippen LogP contribution in [0.5, 0.6) is 0 Å². The molecule has 0 amide bonds. The van der Waals surface area contributed by atoms with Crippen LogP contribution in [0.25, 0.3) is 0 Å². The Balaban J connectivity index is 1.33. The number of aliphatic hydroxyl groups excluding tert-OH is 1. The smallest absolute Gasteiger partial charge is 0.171 e. The van der Waals surface area contributed by atoms with E-state index in [2.05, 4.69) is 45.9 Å². The van der Waals surface area contributed by atoms with E-state index in [1.165, 1.54) is 16.0 Å². The highest BCUT2D eigenvalue weighted by atomic mass is 32.2. The fraction of sp³-hybridized carbons (Fsp3) is 0.812. The molecule has 1 heterocycles. The fourth-order valence-electron chi connectivity index (χ4n) is 10.5. The number of hydrogen-bond acceptors (Lipinski definition) is 5. The number of aliphatic hydroxyl groups is 2. The Morgan fingerprint density at radius 2 is 1.81 bits per heavy atom. The quantitative estimate of drug-likeness (QED) is 0.442. The molecule has 5 aliphatic carbocycles. The SMILES string of the molecule is CCSc1ccc2c(c1)C[C@]13CCC4(C[C@]1(O)CC[C@@H]1C3C2C[C@]2(C)[C@@H](O)CC[C@@H]12)OCC(C)(C)CO4. The molecule has 1 saturated heterocycles. The molecule has 1 aromatic carbocycles. The van der Waals surface area contributed by atoms with Crippen molar-refractivity contribution in [3.05, 3.63) is 29.3 Å². The van der Waals surface area contributed by atoms with Crippen molar-refractivity contribution in [1.29, 1.82) is 0 Å². The van der Waals surface area contributed by atoms with E-state index < -0.39 is 11.4 Å². The molecule has 5 heteroatoms. The van der Waals surface area contributed by atoms with Gasteiger partial charge >= 0.3 is 0 Å². The van der Waals surface area contributed by atoms with Gasteiger partial charge in [-0.25, -0.2) is 0 Å². The van der Waals surface area contributed by atoms with Crippen molar-refractivity contribution in [3.63, 3.8) is 0 Å². The van der Waals surface area contributed by atoms with Crippen molar-refractivity contribution >= 4 is 11.8 Å². The summed E-state index contributed by atoms with van der Waals surface area (Å²) in [5.41, 5.74) is 2.07. The zero-order chi connectivity index (χ0) is 25.8. The summed E-state index contributed by atoms with van der Waals surface area (Å²) in [5, 5.41) is 24.1. The van der Waals surface area contributed by atoms with E-state index in [-0.39, 0.29) is 22.3 Å². The lowest BCUT2D eigenvalue weighted by Crippen LogP contribution is -2.70. The number of ether oxygens (including phenoxy) is 2. The second kappa shape index (κ2) is 8.22. The summed E-state index contributed by atoms with van der Waals surface area (Å²) in [6.45, 7) is 10.4. The van der Waals surface area contributed by atoms with Crippen LogP contribution in [-0.2, 0) is 15.9 Å². The standard InChI is InChI=1S/C32H46O4S/c1-5-37-21-6-7-22-20(14-21)15-30-12-13-32(35-18-28(2,3)19-36-32)17-31(30,34)11-10-23-25-8-9-26(33)29(25,4)16-24(22)27(23)30/h6-7,14,23-27,33-34H,5,8-13,15-19H2,1-4H3/t23-,24?,25-,26-,27?,29-,30-,31+/m0/s1. The van der Waals surface area contributed by atoms with Crippen molar-refractivity contribution in [2.75, 3.05) is 19.0 Å². The van der Waals surface area contributed by atoms with Gasteiger partial charge < -0.3 is 19.7 Å². The molecule has 7 rings (SSSR count). The summed E-state index contributed by atoms with van der Waals surface area (Å²) in [6, 6.07) is 7.19. The number of rotatable bonds is 2. The Morgan fingerprint density at radius 1 is 1.03 bits per heavy atom. The molecular weight excluding hydrogens is 480 g/mol. The monoisotopic (exact) mass is 526 g/mol. The molecular formula is C32H46O4S. The van der Waals surface area contributed by atoms with Crippen LogP contribution in [0.3, 0.4) is 0 Å². The Hall–Kier alpha value is -0.590. The predicted molar refractivity (Wildman–Crippen MR) is 147 cm³/mol. The highest BCUT2D eigenvalue weighted by molar-refractivity contribution is 7.99. The minimum Gasteiger partial charge on any atom is -0.393 e. The van der Waals surface area contributed by atoms with Crippen molar-refractivity contribution in [1.82, 2.24) is 0 Å². The Bertz CT molecular complexity index is 1080. The molecule has 0 aromatic heterocycles. The summed E-state index contributed by atoms with van der Waals surface area (Å²) in [7, 11) is 0. The largest absolute Gasteiger partial charge is 0.393 e. The molecule has 4 nitrogen and oxygen atoms in total. The zero-order valence-corrected chi connectivity index (χ0v) is 24.0. The average Bonchev–Trinajstić information content (AvgIpc) is 3.16. The first-order valence-electron chi connectivity index (χ1n) is 15.0. The molecule has 2 spiro atoms. The molecule has 0 bridgehead atoms. The van der Waals surface area contributed by atoms with Crippen LogP contribution in [0.1, 0.15) is 96.1 Å². The highest BCUT2D eigenvalue weighted by Gasteiger charge is 2.72. The van der Waals surface area contributed by atoms with Crippen LogP contribution in [0.4, 0.5) is 0 Å². The van der Waals surface area contributed by atoms with Gasteiger partial charge in [-0.2, -0.15) is 0 Å².